The van der Waals surface area contributed by atoms with E-state index in [2.05, 4.69) is 94.0 Å². The molecule has 12 rings (SSSR count). The van der Waals surface area contributed by atoms with Crippen LogP contribution in [0, 0.1) is 10.5 Å². The topological polar surface area (TPSA) is 441 Å². The summed E-state index contributed by atoms with van der Waals surface area (Å²) in [6.45, 7) is 27.4. The number of ether oxygens (including phenoxy) is 5. The van der Waals surface area contributed by atoms with Crippen molar-refractivity contribution in [3.8, 4) is 0 Å². The number of halogens is 1. The van der Waals surface area contributed by atoms with E-state index in [1.807, 2.05) is 97.5 Å². The third-order valence-corrected chi connectivity index (χ3v) is 18.6. The SMILES string of the molecule is C.C.CC(C)(C)OC(=O)Nc1ccccc1NC(=O)c1ccc(CO)cc1.CC(C)(C)OC(=O)Nc1ccccc1NC(=O)c1ccc(I)cc1.CCc1ccc(C(=O)Nc2ccccc2N)cc1.CCc1ccc(C(=O)Nc2ccccc2NC(=O)OC(C)(C)C)cc1.COC(=O)c1ccc(C(=O)Nc2ccccc2NC(=O)OC(C)(C)C)cc1.Cc1nccn1C.Nc1ccccc1N. The Kier molecular flexibility index (Phi) is 45.8. The molecule has 0 atom stereocenters. The van der Waals surface area contributed by atoms with E-state index >= 15 is 0 Å². The molecule has 0 aliphatic heterocycles. The summed E-state index contributed by atoms with van der Waals surface area (Å²) in [5.74, 6) is -0.747. The molecule has 0 saturated heterocycles. The van der Waals surface area contributed by atoms with Crippen LogP contribution in [-0.2, 0) is 50.2 Å². The van der Waals surface area contributed by atoms with Crippen LogP contribution in [0.25, 0.3) is 0 Å². The molecule has 0 saturated carbocycles. The molecular formula is C105H127IN14O16. The van der Waals surface area contributed by atoms with Gasteiger partial charge in [-0.25, -0.2) is 29.0 Å². The van der Waals surface area contributed by atoms with Gasteiger partial charge in [-0.2, -0.15) is 0 Å². The number of nitrogens with two attached hydrogens (primary N) is 3. The highest BCUT2D eigenvalue weighted by Gasteiger charge is 2.24. The number of carbonyl (C=O) groups excluding carboxylic acids is 10. The molecule has 0 aliphatic carbocycles. The number of carbonyl (C=O) groups is 10. The number of nitrogens with zero attached hydrogens (tertiary/aromatic N) is 2. The molecule has 0 radical (unpaired) electrons. The molecule has 31 heteroatoms. The fourth-order valence-corrected chi connectivity index (χ4v) is 11.4. The first-order valence-electron chi connectivity index (χ1n) is 42.4. The zero-order valence-corrected chi connectivity index (χ0v) is 80.4. The van der Waals surface area contributed by atoms with Gasteiger partial charge >= 0.3 is 30.3 Å². The van der Waals surface area contributed by atoms with Crippen molar-refractivity contribution < 1.29 is 76.7 Å². The number of rotatable bonds is 18. The average molecular weight is 1970 g/mol. The number of aliphatic hydroxyl groups is 1. The molecule has 1 heterocycles. The van der Waals surface area contributed by atoms with Gasteiger partial charge in [-0.1, -0.05) is 138 Å². The minimum absolute atomic E-state index is 0. The van der Waals surface area contributed by atoms with Crippen LogP contribution in [0.3, 0.4) is 0 Å². The highest BCUT2D eigenvalue weighted by molar-refractivity contribution is 14.1. The Morgan fingerprint density at radius 2 is 0.551 bits per heavy atom. The van der Waals surface area contributed by atoms with Crippen LogP contribution in [0.4, 0.5) is 87.4 Å². The number of aliphatic hydroxyl groups excluding tert-OH is 1. The van der Waals surface area contributed by atoms with Gasteiger partial charge in [0.1, 0.15) is 28.2 Å². The number of anilines is 12. The number of hydrogen-bond donors (Lipinski definition) is 13. The van der Waals surface area contributed by atoms with Crippen molar-refractivity contribution in [2.45, 2.75) is 161 Å². The average Bonchev–Trinajstić information content (AvgIpc) is 1.17. The lowest BCUT2D eigenvalue weighted by Gasteiger charge is -2.20. The molecule has 11 aromatic carbocycles. The van der Waals surface area contributed by atoms with Gasteiger partial charge in [0.05, 0.1) is 87.5 Å². The van der Waals surface area contributed by atoms with Gasteiger partial charge in [0.15, 0.2) is 0 Å². The summed E-state index contributed by atoms with van der Waals surface area (Å²) in [5.41, 5.74) is 26.3. The van der Waals surface area contributed by atoms with Gasteiger partial charge < -0.3 is 77.1 Å². The standard InChI is InChI=1S/C20H22N2O5.C20H24N2O3.C19H22N2O4.C18H19IN2O3.C15H16N2O.C6H8N2.C5H8N2.2CH4/c1-20(2,3)27-19(25)22-16-8-6-5-7-15(16)21-17(23)13-9-11-14(12-10-13)18(24)26-4;1-5-14-10-12-15(13-11-14)18(23)21-16-8-6-7-9-17(16)22-19(24)25-20(2,3)4;1-19(2,3)25-18(24)21-16-7-5-4-6-15(16)20-17(23)14-10-8-13(12-22)9-11-14;1-18(2,3)24-17(23)21-15-7-5-4-6-14(15)20-16(22)12-8-10-13(19)11-9-12;1-2-11-7-9-12(10-8-11)15(18)17-14-6-4-3-5-13(14)16;7-5-3-1-2-4-6(5)8;1-5-6-3-4-7(5)2;;/h5-12H,1-4H3,(H,21,23)(H,22,25);6-13H,5H2,1-4H3,(H,21,23)(H,22,24);4-11,22H,12H2,1-3H3,(H,20,23)(H,21,24);4-11H,1-3H3,(H,20,22)(H,21,23);3-10H,2,16H2,1H3,(H,17,18);1-4H,7-8H2;3-4H,1-2H3;2*1H4. The Balaban J connectivity index is 0.000000341. The van der Waals surface area contributed by atoms with Gasteiger partial charge in [0, 0.05) is 50.8 Å². The van der Waals surface area contributed by atoms with Crippen LogP contribution in [-0.4, -0.2) is 104 Å². The van der Waals surface area contributed by atoms with Crippen molar-refractivity contribution in [1.82, 2.24) is 9.55 Å². The van der Waals surface area contributed by atoms with Gasteiger partial charge in [-0.3, -0.25) is 45.2 Å². The zero-order valence-electron chi connectivity index (χ0n) is 78.3. The maximum absolute atomic E-state index is 12.5. The van der Waals surface area contributed by atoms with Crippen LogP contribution in [0.15, 0.2) is 279 Å². The Labute approximate surface area is 810 Å². The van der Waals surface area contributed by atoms with Crippen LogP contribution in [0.2, 0.25) is 0 Å². The minimum Gasteiger partial charge on any atom is -0.465 e. The predicted octanol–water partition coefficient (Wildman–Crippen LogP) is 23.5. The molecule has 0 bridgehead atoms. The highest BCUT2D eigenvalue weighted by atomic mass is 127. The monoisotopic (exact) mass is 1970 g/mol. The van der Waals surface area contributed by atoms with Gasteiger partial charge in [0.2, 0.25) is 0 Å². The number of amides is 9. The van der Waals surface area contributed by atoms with E-state index in [0.717, 1.165) is 27.8 Å². The molecule has 0 unspecified atom stereocenters. The number of hydrogen-bond acceptors (Lipinski definition) is 20. The second-order valence-electron chi connectivity index (χ2n) is 33.3. The third-order valence-electron chi connectivity index (χ3n) is 17.8. The van der Waals surface area contributed by atoms with Crippen molar-refractivity contribution in [2.24, 2.45) is 7.05 Å². The van der Waals surface area contributed by atoms with E-state index in [4.69, 9.17) is 41.3 Å². The number of imidazole rings is 1. The van der Waals surface area contributed by atoms with E-state index in [-0.39, 0.29) is 51.0 Å². The Morgan fingerprint density at radius 1 is 0.331 bits per heavy atom. The zero-order chi connectivity index (χ0) is 98.9. The number of nitrogens with one attached hydrogen (secondary N) is 9. The number of nitrogen functional groups attached to an aromatic ring is 3. The number of benzene rings is 11. The van der Waals surface area contributed by atoms with Crippen molar-refractivity contribution in [2.75, 3.05) is 72.2 Å². The molecule has 12 aromatic rings. The molecule has 136 heavy (non-hydrogen) atoms. The maximum Gasteiger partial charge on any atom is 0.412 e. The Morgan fingerprint density at radius 3 is 0.765 bits per heavy atom. The van der Waals surface area contributed by atoms with Gasteiger partial charge in [-0.05, 0) is 300 Å². The van der Waals surface area contributed by atoms with Gasteiger partial charge in [0.25, 0.3) is 29.5 Å². The Bertz CT molecular complexity index is 5720. The lowest BCUT2D eigenvalue weighted by atomic mass is 10.1. The number of para-hydroxylation sites is 12. The second-order valence-corrected chi connectivity index (χ2v) is 34.5. The molecule has 30 nitrogen and oxygen atoms in total. The molecule has 9 amide bonds. The summed E-state index contributed by atoms with van der Waals surface area (Å²) >= 11 is 2.18. The van der Waals surface area contributed by atoms with E-state index in [0.29, 0.717) is 102 Å². The number of aromatic nitrogens is 2. The number of aryl methyl sites for hydroxylation is 4. The van der Waals surface area contributed by atoms with E-state index in [1.54, 1.807) is 259 Å². The second kappa shape index (κ2) is 55.2. The summed E-state index contributed by atoms with van der Waals surface area (Å²) in [6.07, 6.45) is 3.25. The smallest absolute Gasteiger partial charge is 0.412 e. The first kappa shape index (κ1) is 113. The third kappa shape index (κ3) is 41.6. The van der Waals surface area contributed by atoms with Gasteiger partial charge in [-0.15, -0.1) is 0 Å². The molecule has 16 N–H and O–H groups in total. The lowest BCUT2D eigenvalue weighted by Crippen LogP contribution is -2.27. The van der Waals surface area contributed by atoms with E-state index in [9.17, 15) is 47.9 Å². The normalized spacial score (nSPS) is 10.4. The molecular weight excluding hydrogens is 1840 g/mol. The first-order chi connectivity index (χ1) is 63.3. The number of methoxy groups -OCH3 is 1. The molecule has 0 spiro atoms. The van der Waals surface area contributed by atoms with Crippen LogP contribution < -0.4 is 65.1 Å². The quantitative estimate of drug-likeness (QED) is 0.0164. The fourth-order valence-electron chi connectivity index (χ4n) is 11.0. The van der Waals surface area contributed by atoms with Crippen LogP contribution >= 0.6 is 22.6 Å². The van der Waals surface area contributed by atoms with Crippen LogP contribution in [0.5, 0.6) is 0 Å². The predicted molar refractivity (Wildman–Crippen MR) is 553 cm³/mol. The molecule has 720 valence electrons. The van der Waals surface area contributed by atoms with Crippen molar-refractivity contribution in [1.29, 1.82) is 0 Å². The summed E-state index contributed by atoms with van der Waals surface area (Å²) in [5, 5.41) is 33.5. The summed E-state index contributed by atoms with van der Waals surface area (Å²) in [6, 6.07) is 77.0. The molecule has 1 aromatic heterocycles. The van der Waals surface area contributed by atoms with Crippen molar-refractivity contribution in [3.63, 3.8) is 0 Å². The summed E-state index contributed by atoms with van der Waals surface area (Å²) in [4.78, 5) is 125. The highest BCUT2D eigenvalue weighted by Crippen LogP contribution is 2.29. The minimum atomic E-state index is -0.635. The first-order valence-corrected chi connectivity index (χ1v) is 43.5. The summed E-state index contributed by atoms with van der Waals surface area (Å²) in [7, 11) is 3.26. The molecule has 0 fully saturated rings. The van der Waals surface area contributed by atoms with E-state index < -0.39 is 52.7 Å². The molecule has 0 aliphatic rings. The number of esters is 1. The lowest BCUT2D eigenvalue weighted by molar-refractivity contribution is 0.0595. The summed E-state index contributed by atoms with van der Waals surface area (Å²) < 4.78 is 28.6. The van der Waals surface area contributed by atoms with Crippen LogP contribution in [0.1, 0.15) is 196 Å². The van der Waals surface area contributed by atoms with Crippen molar-refractivity contribution in [3.05, 3.63) is 339 Å². The maximum atomic E-state index is 12.5. The van der Waals surface area contributed by atoms with Crippen molar-refractivity contribution >= 4 is 151 Å². The van der Waals surface area contributed by atoms with E-state index in [1.165, 1.54) is 42.5 Å². The largest absolute Gasteiger partial charge is 0.465 e. The Hall–Kier alpha value is -15.4. The fraction of sp³-hybridized carbons (Fsp3) is 0.248.